The van der Waals surface area contributed by atoms with E-state index >= 15 is 0 Å². The number of esters is 1. The van der Waals surface area contributed by atoms with Gasteiger partial charge in [0, 0.05) is 6.54 Å². The molecule has 3 heterocycles. The maximum atomic E-state index is 12.3. The monoisotopic (exact) mass is 462 g/mol. The smallest absolute Gasteiger partial charge is 0.457 e. The molecule has 1 aromatic heterocycles. The summed E-state index contributed by atoms with van der Waals surface area (Å²) in [4.78, 5) is 47.9. The van der Waals surface area contributed by atoms with Crippen LogP contribution in [0.5, 0.6) is 0 Å². The Hall–Kier alpha value is -2.71. The highest BCUT2D eigenvalue weighted by atomic mass is 32.3. The van der Waals surface area contributed by atoms with Crippen LogP contribution in [-0.4, -0.2) is 61.9 Å². The minimum absolute atomic E-state index is 0.0216. The molecule has 1 aromatic rings. The summed E-state index contributed by atoms with van der Waals surface area (Å²) >= 11 is 0. The van der Waals surface area contributed by atoms with Gasteiger partial charge in [-0.05, 0) is 33.6 Å². The summed E-state index contributed by atoms with van der Waals surface area (Å²) in [6.45, 7) is 3.33. The van der Waals surface area contributed by atoms with Gasteiger partial charge in [-0.1, -0.05) is 0 Å². The third-order valence-electron chi connectivity index (χ3n) is 4.98. The molecule has 13 nitrogen and oxygen atoms in total. The van der Waals surface area contributed by atoms with Crippen LogP contribution in [0.2, 0.25) is 0 Å². The van der Waals surface area contributed by atoms with Crippen molar-refractivity contribution in [1.82, 2.24) is 9.96 Å². The van der Waals surface area contributed by atoms with E-state index in [-0.39, 0.29) is 24.7 Å². The third kappa shape index (κ3) is 4.97. The number of carbonyl (C=O) groups is 3. The number of urea groups is 1. The number of fused-ring (bicyclic) bond motifs is 2. The maximum Gasteiger partial charge on any atom is 0.519 e. The predicted octanol–water partition coefficient (Wildman–Crippen LogP) is 0.271. The van der Waals surface area contributed by atoms with Crippen LogP contribution in [0, 0.1) is 12.3 Å². The highest BCUT2D eigenvalue weighted by molar-refractivity contribution is 7.81. The van der Waals surface area contributed by atoms with E-state index in [2.05, 4.69) is 4.42 Å². The van der Waals surface area contributed by atoms with Crippen LogP contribution >= 0.6 is 0 Å². The van der Waals surface area contributed by atoms with Crippen molar-refractivity contribution in [2.24, 2.45) is 5.41 Å². The lowest BCUT2D eigenvalue weighted by Crippen LogP contribution is -2.41. The molecule has 3 rings (SSSR count). The maximum absolute atomic E-state index is 12.3. The van der Waals surface area contributed by atoms with Gasteiger partial charge in [-0.25, -0.2) is 13.8 Å². The number of piperidine rings is 1. The number of hydrogen-bond donors (Lipinski definition) is 0. The average Bonchev–Trinajstić information content (AvgIpc) is 3.15. The second-order valence-electron chi connectivity index (χ2n) is 7.83. The first kappa shape index (κ1) is 23.0. The average molecular weight is 462 g/mol. The number of hydrogen-bond acceptors (Lipinski definition) is 11. The van der Waals surface area contributed by atoms with Crippen molar-refractivity contribution in [2.75, 3.05) is 13.2 Å². The normalized spacial score (nSPS) is 21.5. The first-order valence-corrected chi connectivity index (χ1v) is 10.7. The van der Waals surface area contributed by atoms with E-state index in [4.69, 9.17) is 17.6 Å². The topological polar surface area (TPSA) is 163 Å². The molecule has 0 radical (unpaired) electrons. The number of rotatable bonds is 9. The van der Waals surface area contributed by atoms with E-state index in [0.717, 1.165) is 0 Å². The van der Waals surface area contributed by atoms with Crippen LogP contribution in [0.25, 0.3) is 0 Å². The van der Waals surface area contributed by atoms with Crippen LogP contribution in [-0.2, 0) is 39.8 Å². The molecule has 0 unspecified atom stereocenters. The summed E-state index contributed by atoms with van der Waals surface area (Å²) in [5, 5.41) is 0.674. The fourth-order valence-corrected chi connectivity index (χ4v) is 4.00. The Morgan fingerprint density at radius 1 is 1.26 bits per heavy atom. The van der Waals surface area contributed by atoms with Gasteiger partial charge in [-0.3, -0.25) is 4.79 Å². The molecule has 0 N–H and O–H groups in total. The Labute approximate surface area is 177 Å². The fraction of sp³-hybridized carbons (Fsp3) is 0.647. The van der Waals surface area contributed by atoms with Crippen molar-refractivity contribution in [3.63, 3.8) is 0 Å². The van der Waals surface area contributed by atoms with Crippen LogP contribution < -0.4 is 5.82 Å². The molecule has 31 heavy (non-hydrogen) atoms. The molecular weight excluding hydrogens is 440 g/mol. The van der Waals surface area contributed by atoms with E-state index in [1.165, 1.54) is 25.7 Å². The van der Waals surface area contributed by atoms with Crippen molar-refractivity contribution in [3.05, 3.63) is 22.1 Å². The zero-order chi connectivity index (χ0) is 23.0. The number of aryl methyl sites for hydroxylation is 1. The van der Waals surface area contributed by atoms with Crippen LogP contribution in [0.3, 0.4) is 0 Å². The lowest BCUT2D eigenvalue weighted by molar-refractivity contribution is -0.157. The SMILES string of the molecule is Cc1oc(=O)oc1COC(=O)C(C)(C)COS(=O)(=O)ON1C(=O)N2C[C@H]1CC[C@H]2C=O. The summed E-state index contributed by atoms with van der Waals surface area (Å²) in [6.07, 6.45) is 1.42. The van der Waals surface area contributed by atoms with Gasteiger partial charge < -0.3 is 23.3 Å². The Kier molecular flexibility index (Phi) is 6.25. The Bertz CT molecular complexity index is 1030. The van der Waals surface area contributed by atoms with Crippen molar-refractivity contribution in [1.29, 1.82) is 0 Å². The molecule has 2 amide bonds. The minimum atomic E-state index is -4.69. The summed E-state index contributed by atoms with van der Waals surface area (Å²) < 4.78 is 48.4. The standard InChI is InChI=1S/C17H22N2O11S/c1-10-13(29-16(23)28-10)8-26-14(21)17(2,3)9-27-31(24,25)30-19-11-4-5-12(7-20)18(6-11)15(19)22/h7,11-12H,4-6,8-9H2,1-3H3/t11-,12+/m1/s1. The number of amides is 2. The van der Waals surface area contributed by atoms with Crippen LogP contribution in [0.1, 0.15) is 38.2 Å². The van der Waals surface area contributed by atoms with Gasteiger partial charge in [0.25, 0.3) is 0 Å². The molecule has 2 bridgehead atoms. The van der Waals surface area contributed by atoms with Gasteiger partial charge in [0.05, 0.1) is 24.1 Å². The minimum Gasteiger partial charge on any atom is -0.457 e. The van der Waals surface area contributed by atoms with E-state index in [9.17, 15) is 27.6 Å². The summed E-state index contributed by atoms with van der Waals surface area (Å²) in [5.41, 5.74) is -1.43. The van der Waals surface area contributed by atoms with Gasteiger partial charge in [-0.15, -0.1) is 4.28 Å². The second-order valence-corrected chi connectivity index (χ2v) is 9.04. The molecule has 0 saturated carbocycles. The zero-order valence-corrected chi connectivity index (χ0v) is 17.9. The van der Waals surface area contributed by atoms with Crippen molar-refractivity contribution >= 4 is 28.7 Å². The van der Waals surface area contributed by atoms with E-state index in [1.807, 2.05) is 0 Å². The quantitative estimate of drug-likeness (QED) is 0.365. The van der Waals surface area contributed by atoms with Gasteiger partial charge in [0.15, 0.2) is 18.1 Å². The van der Waals surface area contributed by atoms with E-state index in [0.29, 0.717) is 24.2 Å². The molecule has 0 aromatic carbocycles. The fourth-order valence-electron chi connectivity index (χ4n) is 3.13. The van der Waals surface area contributed by atoms with Gasteiger partial charge >= 0.3 is 28.2 Å². The van der Waals surface area contributed by atoms with Crippen molar-refractivity contribution < 1.29 is 44.8 Å². The molecule has 2 aliphatic heterocycles. The molecule has 2 saturated heterocycles. The number of nitrogens with zero attached hydrogens (tertiary/aromatic N) is 2. The predicted molar refractivity (Wildman–Crippen MR) is 98.3 cm³/mol. The van der Waals surface area contributed by atoms with Gasteiger partial charge in [0.2, 0.25) is 0 Å². The number of carbonyl (C=O) groups excluding carboxylic acids is 3. The van der Waals surface area contributed by atoms with Crippen molar-refractivity contribution in [3.8, 4) is 0 Å². The second kappa shape index (κ2) is 8.43. The van der Waals surface area contributed by atoms with Crippen LogP contribution in [0.15, 0.2) is 13.6 Å². The highest BCUT2D eigenvalue weighted by Gasteiger charge is 2.47. The zero-order valence-electron chi connectivity index (χ0n) is 17.1. The summed E-state index contributed by atoms with van der Waals surface area (Å²) in [5.74, 6) is -1.60. The van der Waals surface area contributed by atoms with E-state index in [1.54, 1.807) is 0 Å². The molecule has 2 fully saturated rings. The number of hydroxylamine groups is 2. The lowest BCUT2D eigenvalue weighted by Gasteiger charge is -2.25. The molecular formula is C17H22N2O11S. The van der Waals surface area contributed by atoms with Gasteiger partial charge in [-0.2, -0.15) is 13.5 Å². The molecule has 0 aliphatic carbocycles. The first-order chi connectivity index (χ1) is 14.4. The van der Waals surface area contributed by atoms with Crippen LogP contribution in [0.4, 0.5) is 4.79 Å². The third-order valence-corrected chi connectivity index (χ3v) is 5.73. The van der Waals surface area contributed by atoms with Gasteiger partial charge in [0.1, 0.15) is 6.29 Å². The highest BCUT2D eigenvalue weighted by Crippen LogP contribution is 2.30. The molecule has 0 spiro atoms. The number of ether oxygens (including phenoxy) is 1. The lowest BCUT2D eigenvalue weighted by atomic mass is 9.95. The Morgan fingerprint density at radius 2 is 1.97 bits per heavy atom. The first-order valence-electron chi connectivity index (χ1n) is 9.34. The molecule has 172 valence electrons. The Balaban J connectivity index is 1.55. The largest absolute Gasteiger partial charge is 0.519 e. The number of aldehydes is 1. The molecule has 2 aliphatic rings. The van der Waals surface area contributed by atoms with Crippen molar-refractivity contribution in [2.45, 2.75) is 52.3 Å². The summed E-state index contributed by atoms with van der Waals surface area (Å²) in [6, 6.07) is -1.91. The van der Waals surface area contributed by atoms with E-state index < -0.39 is 52.3 Å². The molecule has 2 atom stereocenters. The molecule has 14 heteroatoms. The summed E-state index contributed by atoms with van der Waals surface area (Å²) in [7, 11) is -4.69. The Morgan fingerprint density at radius 3 is 2.58 bits per heavy atom.